The third-order valence-electron chi connectivity index (χ3n) is 2.49. The van der Waals surface area contributed by atoms with E-state index in [-0.39, 0.29) is 0 Å². The van der Waals surface area contributed by atoms with Crippen LogP contribution in [0.25, 0.3) is 17.3 Å². The van der Waals surface area contributed by atoms with Crippen LogP contribution in [0.1, 0.15) is 0 Å². The van der Waals surface area contributed by atoms with Crippen LogP contribution in [-0.4, -0.2) is 13.6 Å². The first-order chi connectivity index (χ1) is 6.86. The molecular formula is C11H11N2O+. The summed E-state index contributed by atoms with van der Waals surface area (Å²) in [7, 11) is 2.03. The fourth-order valence-electron chi connectivity index (χ4n) is 1.79. The minimum atomic E-state index is 0.897. The fraction of sp³-hybridized carbons (Fsp3) is 0.182. The molecule has 2 heterocycles. The van der Waals surface area contributed by atoms with Crippen LogP contribution in [0.2, 0.25) is 0 Å². The third-order valence-corrected chi connectivity index (χ3v) is 2.49. The van der Waals surface area contributed by atoms with Gasteiger partial charge in [-0.3, -0.25) is 0 Å². The molecule has 0 radical (unpaired) electrons. The van der Waals surface area contributed by atoms with E-state index in [1.54, 1.807) is 0 Å². The average molecular weight is 187 g/mol. The molecule has 0 atom stereocenters. The van der Waals surface area contributed by atoms with Crippen LogP contribution in [0.4, 0.5) is 6.01 Å². The van der Waals surface area contributed by atoms with Crippen molar-refractivity contribution in [3.05, 3.63) is 30.3 Å². The lowest BCUT2D eigenvalue weighted by Crippen LogP contribution is -2.37. The SMILES string of the molecule is CN1CC=C[n+]2c1oc1ccccc12. The van der Waals surface area contributed by atoms with Gasteiger partial charge in [-0.1, -0.05) is 12.1 Å². The van der Waals surface area contributed by atoms with Gasteiger partial charge in [0.25, 0.3) is 0 Å². The molecule has 0 saturated heterocycles. The van der Waals surface area contributed by atoms with Gasteiger partial charge in [0.15, 0.2) is 11.1 Å². The van der Waals surface area contributed by atoms with E-state index in [9.17, 15) is 0 Å². The van der Waals surface area contributed by atoms with E-state index >= 15 is 0 Å². The van der Waals surface area contributed by atoms with Crippen molar-refractivity contribution in [1.29, 1.82) is 0 Å². The lowest BCUT2D eigenvalue weighted by molar-refractivity contribution is -0.531. The number of oxazole rings is 1. The van der Waals surface area contributed by atoms with Crippen LogP contribution >= 0.6 is 0 Å². The van der Waals surface area contributed by atoms with Crippen LogP contribution in [0.15, 0.2) is 34.8 Å². The quantitative estimate of drug-likeness (QED) is 0.584. The van der Waals surface area contributed by atoms with Gasteiger partial charge in [-0.05, 0) is 18.2 Å². The van der Waals surface area contributed by atoms with Crippen molar-refractivity contribution in [2.75, 3.05) is 18.5 Å². The zero-order valence-corrected chi connectivity index (χ0v) is 7.97. The molecule has 2 aromatic rings. The highest BCUT2D eigenvalue weighted by Gasteiger charge is 2.25. The molecule has 0 fully saturated rings. The summed E-state index contributed by atoms with van der Waals surface area (Å²) in [4.78, 5) is 2.08. The Bertz CT molecular complexity index is 513. The zero-order chi connectivity index (χ0) is 9.54. The van der Waals surface area contributed by atoms with Crippen molar-refractivity contribution >= 4 is 23.3 Å². The summed E-state index contributed by atoms with van der Waals surface area (Å²) < 4.78 is 7.81. The minimum absolute atomic E-state index is 0.897. The van der Waals surface area contributed by atoms with E-state index in [0.29, 0.717) is 0 Å². The molecule has 14 heavy (non-hydrogen) atoms. The summed E-state index contributed by atoms with van der Waals surface area (Å²) in [6, 6.07) is 8.96. The van der Waals surface area contributed by atoms with Crippen LogP contribution < -0.4 is 9.47 Å². The molecule has 1 aromatic carbocycles. The van der Waals surface area contributed by atoms with Gasteiger partial charge in [0.2, 0.25) is 0 Å². The van der Waals surface area contributed by atoms with Gasteiger partial charge in [0.1, 0.15) is 6.54 Å². The van der Waals surface area contributed by atoms with Crippen LogP contribution in [0.5, 0.6) is 0 Å². The Balaban J connectivity index is 2.39. The molecule has 3 nitrogen and oxygen atoms in total. The predicted molar refractivity (Wildman–Crippen MR) is 55.0 cm³/mol. The topological polar surface area (TPSA) is 20.3 Å². The van der Waals surface area contributed by atoms with E-state index in [1.807, 2.05) is 25.2 Å². The second kappa shape index (κ2) is 2.61. The number of likely N-dealkylation sites (N-methyl/N-ethyl adjacent to an activating group) is 1. The monoisotopic (exact) mass is 187 g/mol. The summed E-state index contributed by atoms with van der Waals surface area (Å²) in [5, 5.41) is 0. The van der Waals surface area contributed by atoms with Crippen molar-refractivity contribution in [3.63, 3.8) is 0 Å². The zero-order valence-electron chi connectivity index (χ0n) is 7.97. The van der Waals surface area contributed by atoms with Gasteiger partial charge >= 0.3 is 6.01 Å². The Morgan fingerprint density at radius 2 is 2.21 bits per heavy atom. The van der Waals surface area contributed by atoms with Gasteiger partial charge in [-0.15, -0.1) is 0 Å². The summed E-state index contributed by atoms with van der Waals surface area (Å²) >= 11 is 0. The lowest BCUT2D eigenvalue weighted by atomic mass is 10.3. The maximum absolute atomic E-state index is 5.74. The van der Waals surface area contributed by atoms with Crippen LogP contribution in [-0.2, 0) is 0 Å². The molecule has 0 N–H and O–H groups in total. The molecule has 0 spiro atoms. The van der Waals surface area contributed by atoms with E-state index in [2.05, 4.69) is 27.8 Å². The van der Waals surface area contributed by atoms with Crippen molar-refractivity contribution in [3.8, 4) is 0 Å². The molecule has 1 aliphatic heterocycles. The molecule has 0 saturated carbocycles. The summed E-state index contributed by atoms with van der Waals surface area (Å²) in [5.74, 6) is 0. The first-order valence-corrected chi connectivity index (χ1v) is 4.67. The summed E-state index contributed by atoms with van der Waals surface area (Å²) in [5.41, 5.74) is 2.05. The molecule has 1 aromatic heterocycles. The number of rotatable bonds is 0. The molecule has 0 unspecified atom stereocenters. The third kappa shape index (κ3) is 0.894. The molecule has 3 rings (SSSR count). The Labute approximate surface area is 81.9 Å². The second-order valence-corrected chi connectivity index (χ2v) is 3.49. The smallest absolute Gasteiger partial charge is 0.387 e. The number of hydrogen-bond acceptors (Lipinski definition) is 2. The number of anilines is 1. The Hall–Kier alpha value is -1.77. The van der Waals surface area contributed by atoms with E-state index in [4.69, 9.17) is 4.42 Å². The highest BCUT2D eigenvalue weighted by Crippen LogP contribution is 2.20. The van der Waals surface area contributed by atoms with E-state index in [1.165, 1.54) is 0 Å². The number of benzene rings is 1. The first kappa shape index (κ1) is 7.62. The first-order valence-electron chi connectivity index (χ1n) is 4.67. The average Bonchev–Trinajstić information content (AvgIpc) is 2.59. The highest BCUT2D eigenvalue weighted by molar-refractivity contribution is 5.71. The second-order valence-electron chi connectivity index (χ2n) is 3.49. The van der Waals surface area contributed by atoms with Crippen molar-refractivity contribution in [2.45, 2.75) is 0 Å². The van der Waals surface area contributed by atoms with Gasteiger partial charge in [0, 0.05) is 0 Å². The Morgan fingerprint density at radius 3 is 3.14 bits per heavy atom. The molecule has 0 bridgehead atoms. The highest BCUT2D eigenvalue weighted by atomic mass is 16.4. The molecular weight excluding hydrogens is 176 g/mol. The largest absolute Gasteiger partial charge is 0.462 e. The van der Waals surface area contributed by atoms with E-state index in [0.717, 1.165) is 23.7 Å². The Morgan fingerprint density at radius 1 is 1.36 bits per heavy atom. The number of para-hydroxylation sites is 2. The van der Waals surface area contributed by atoms with Crippen molar-refractivity contribution < 1.29 is 8.98 Å². The maximum Gasteiger partial charge on any atom is 0.462 e. The predicted octanol–water partition coefficient (Wildman–Crippen LogP) is 1.64. The Kier molecular flexibility index (Phi) is 1.42. The molecule has 0 aliphatic carbocycles. The van der Waals surface area contributed by atoms with Crippen molar-refractivity contribution in [2.24, 2.45) is 0 Å². The standard InChI is InChI=1S/C11H11N2O/c1-12-7-4-8-13-9-5-2-3-6-10(9)14-11(12)13/h2-6,8H,7H2,1H3/q+1. The molecule has 0 amide bonds. The number of fused-ring (bicyclic) bond motifs is 3. The molecule has 70 valence electrons. The number of nitrogens with zero attached hydrogens (tertiary/aromatic N) is 2. The maximum atomic E-state index is 5.74. The molecule has 3 heteroatoms. The van der Waals surface area contributed by atoms with Gasteiger partial charge < -0.3 is 4.42 Å². The number of hydrogen-bond donors (Lipinski definition) is 0. The normalized spacial score (nSPS) is 14.8. The van der Waals surface area contributed by atoms with Gasteiger partial charge in [-0.2, -0.15) is 4.57 Å². The lowest BCUT2D eigenvalue weighted by Gasteiger charge is -2.08. The number of aromatic nitrogens is 1. The molecule has 1 aliphatic rings. The van der Waals surface area contributed by atoms with Crippen LogP contribution in [0.3, 0.4) is 0 Å². The van der Waals surface area contributed by atoms with Crippen molar-refractivity contribution in [1.82, 2.24) is 0 Å². The summed E-state index contributed by atoms with van der Waals surface area (Å²) in [6.45, 7) is 0.903. The minimum Gasteiger partial charge on any atom is -0.387 e. The van der Waals surface area contributed by atoms with Gasteiger partial charge in [-0.25, -0.2) is 4.90 Å². The van der Waals surface area contributed by atoms with Crippen LogP contribution in [0, 0.1) is 0 Å². The van der Waals surface area contributed by atoms with E-state index < -0.39 is 0 Å². The van der Waals surface area contributed by atoms with Gasteiger partial charge in [0.05, 0.1) is 13.2 Å². The summed E-state index contributed by atoms with van der Waals surface area (Å²) in [6.07, 6.45) is 4.18. The fourth-order valence-corrected chi connectivity index (χ4v) is 1.79.